The number of cyclic esters (lactones) is 4. The van der Waals surface area contributed by atoms with Gasteiger partial charge in [-0.1, -0.05) is 51.5 Å². The molecule has 0 radical (unpaired) electrons. The van der Waals surface area contributed by atoms with Crippen LogP contribution in [0.1, 0.15) is 138 Å². The number of benzene rings is 4. The highest BCUT2D eigenvalue weighted by Crippen LogP contribution is 2.69. The van der Waals surface area contributed by atoms with E-state index >= 15 is 0 Å². The normalized spacial score (nSPS) is 32.4. The monoisotopic (exact) mass is 764 g/mol. The molecule has 2 heterocycles. The molecular weight excluding hydrogens is 717 g/mol. The molecule has 4 saturated carbocycles. The molecule has 8 nitrogen and oxygen atoms in total. The number of carbonyl (C=O) groups excluding carboxylic acids is 4. The van der Waals surface area contributed by atoms with Crippen LogP contribution < -0.4 is 9.47 Å². The Morgan fingerprint density at radius 2 is 1.16 bits per heavy atom. The molecule has 0 aromatic heterocycles. The van der Waals surface area contributed by atoms with Crippen molar-refractivity contribution < 1.29 is 38.1 Å². The lowest BCUT2D eigenvalue weighted by Gasteiger charge is -2.63. The number of esters is 4. The van der Waals surface area contributed by atoms with E-state index in [1.54, 1.807) is 36.4 Å². The fraction of sp³-hybridized carbons (Fsp3) is 0.429. The van der Waals surface area contributed by atoms with Gasteiger partial charge < -0.3 is 18.9 Å². The van der Waals surface area contributed by atoms with Crippen LogP contribution in [0.3, 0.4) is 0 Å². The van der Waals surface area contributed by atoms with Crippen LogP contribution in [0, 0.1) is 40.4 Å². The van der Waals surface area contributed by atoms with Crippen LogP contribution in [0.4, 0.5) is 0 Å². The molecule has 0 N–H and O–H groups in total. The summed E-state index contributed by atoms with van der Waals surface area (Å²) < 4.78 is 22.2. The summed E-state index contributed by atoms with van der Waals surface area (Å²) in [6, 6.07) is 26.4. The van der Waals surface area contributed by atoms with Crippen molar-refractivity contribution in [3.05, 3.63) is 118 Å². The topological polar surface area (TPSA) is 105 Å². The Kier molecular flexibility index (Phi) is 8.33. The van der Waals surface area contributed by atoms with Crippen LogP contribution in [-0.2, 0) is 14.9 Å². The average Bonchev–Trinajstić information content (AvgIpc) is 3.81. The van der Waals surface area contributed by atoms with Crippen LogP contribution in [-0.4, -0.2) is 23.9 Å². The summed E-state index contributed by atoms with van der Waals surface area (Å²) in [6.07, 6.45) is 12.6. The first-order valence-electron chi connectivity index (χ1n) is 20.9. The minimum Gasteiger partial charge on any atom is -0.457 e. The first-order chi connectivity index (χ1) is 27.5. The van der Waals surface area contributed by atoms with Crippen LogP contribution >= 0.6 is 0 Å². The Balaban J connectivity index is 0.976. The van der Waals surface area contributed by atoms with Crippen LogP contribution in [0.15, 0.2) is 84.9 Å². The van der Waals surface area contributed by atoms with Crippen LogP contribution in [0.5, 0.6) is 23.0 Å². The van der Waals surface area contributed by atoms with Crippen molar-refractivity contribution in [1.29, 1.82) is 0 Å². The predicted octanol–water partition coefficient (Wildman–Crippen LogP) is 11.2. The van der Waals surface area contributed by atoms with Gasteiger partial charge >= 0.3 is 23.9 Å². The van der Waals surface area contributed by atoms with Crippen molar-refractivity contribution in [2.45, 2.75) is 90.4 Å². The average molecular weight is 765 g/mol. The van der Waals surface area contributed by atoms with Gasteiger partial charge in [-0.05, 0) is 170 Å². The molecule has 8 atom stereocenters. The highest BCUT2D eigenvalue weighted by Gasteiger charge is 2.61. The van der Waals surface area contributed by atoms with E-state index in [0.717, 1.165) is 42.9 Å². The molecule has 0 saturated heterocycles. The van der Waals surface area contributed by atoms with Gasteiger partial charge in [0.05, 0.1) is 22.3 Å². The van der Waals surface area contributed by atoms with Gasteiger partial charge in [-0.25, -0.2) is 19.2 Å². The zero-order valence-corrected chi connectivity index (χ0v) is 32.8. The molecule has 0 amide bonds. The summed E-state index contributed by atoms with van der Waals surface area (Å²) in [5.74, 6) is 3.48. The smallest absolute Gasteiger partial charge is 0.347 e. The molecule has 2 aliphatic heterocycles. The highest BCUT2D eigenvalue weighted by molar-refractivity contribution is 6.15. The minimum atomic E-state index is -0.660. The summed E-state index contributed by atoms with van der Waals surface area (Å²) in [4.78, 5) is 48.6. The molecule has 4 aliphatic carbocycles. The van der Waals surface area contributed by atoms with E-state index in [1.165, 1.54) is 56.1 Å². The summed E-state index contributed by atoms with van der Waals surface area (Å²) in [7, 11) is 0. The maximum absolute atomic E-state index is 12.3. The SMILES string of the molecule is CCC1CCC2C3CCC4CC(c5ccc(Oc6ccc7c(c6)C(=O)OC7=O)cc5)(c5cccc(Oc6ccc7c(c6)C(=O)OC7=O)c5)CCC4(C)C3CCC12C. The number of carbonyl (C=O) groups is 4. The van der Waals surface area contributed by atoms with Gasteiger partial charge in [-0.2, -0.15) is 0 Å². The molecule has 8 heteroatoms. The largest absolute Gasteiger partial charge is 0.457 e. The second kappa shape index (κ2) is 13.2. The van der Waals surface area contributed by atoms with Crippen LogP contribution in [0.25, 0.3) is 0 Å². The Hall–Kier alpha value is -5.24. The number of rotatable bonds is 7. The van der Waals surface area contributed by atoms with Crippen LogP contribution in [0.2, 0.25) is 0 Å². The van der Waals surface area contributed by atoms with E-state index in [1.807, 2.05) is 18.2 Å². The Bertz CT molecular complexity index is 2350. The molecule has 10 rings (SSSR count). The van der Waals surface area contributed by atoms with Gasteiger partial charge in [0.2, 0.25) is 0 Å². The van der Waals surface area contributed by atoms with E-state index in [9.17, 15) is 19.2 Å². The molecule has 57 heavy (non-hydrogen) atoms. The lowest BCUT2D eigenvalue weighted by atomic mass is 9.42. The third-order valence-corrected chi connectivity index (χ3v) is 15.9. The zero-order valence-electron chi connectivity index (χ0n) is 32.8. The first-order valence-corrected chi connectivity index (χ1v) is 20.9. The predicted molar refractivity (Wildman–Crippen MR) is 212 cm³/mol. The quantitative estimate of drug-likeness (QED) is 0.135. The molecule has 0 bridgehead atoms. The fourth-order valence-corrected chi connectivity index (χ4v) is 13.0. The van der Waals surface area contributed by atoms with Crippen molar-refractivity contribution >= 4 is 23.9 Å². The second-order valence-electron chi connectivity index (χ2n) is 18.2. The lowest BCUT2D eigenvalue weighted by Crippen LogP contribution is -2.55. The van der Waals surface area contributed by atoms with E-state index in [0.29, 0.717) is 34.3 Å². The Morgan fingerprint density at radius 1 is 0.561 bits per heavy atom. The van der Waals surface area contributed by atoms with E-state index < -0.39 is 23.9 Å². The zero-order chi connectivity index (χ0) is 39.3. The van der Waals surface area contributed by atoms with Crippen molar-refractivity contribution in [3.63, 3.8) is 0 Å². The van der Waals surface area contributed by atoms with Gasteiger partial charge in [-0.15, -0.1) is 0 Å². The lowest BCUT2D eigenvalue weighted by molar-refractivity contribution is -0.119. The third-order valence-electron chi connectivity index (χ3n) is 15.9. The van der Waals surface area contributed by atoms with Gasteiger partial charge in [0.1, 0.15) is 23.0 Å². The third kappa shape index (κ3) is 5.60. The number of ether oxygens (including phenoxy) is 4. The number of hydrogen-bond acceptors (Lipinski definition) is 8. The fourth-order valence-electron chi connectivity index (χ4n) is 13.0. The van der Waals surface area contributed by atoms with E-state index in [-0.39, 0.29) is 33.1 Å². The van der Waals surface area contributed by atoms with Crippen molar-refractivity contribution in [1.82, 2.24) is 0 Å². The standard InChI is InChI=1S/C49H48O8/c1-4-28-11-19-41-38-16-10-31-27-49(23-22-48(31,3)42(38)20-21-47(28,41)2,29-8-12-32(13-9-29)54-34-14-17-36-39(25-34)45(52)56-43(36)50)30-6-5-7-33(24-30)55-35-15-18-37-40(26-35)46(53)57-44(37)51/h5-9,12-15,17-18,24-26,28,31,38,41-42H,4,10-11,16,19-23,27H2,1-3H3. The molecule has 6 aliphatic rings. The van der Waals surface area contributed by atoms with E-state index in [4.69, 9.17) is 18.9 Å². The second-order valence-corrected chi connectivity index (χ2v) is 18.2. The molecule has 4 aromatic carbocycles. The van der Waals surface area contributed by atoms with E-state index in [2.05, 4.69) is 51.1 Å². The highest BCUT2D eigenvalue weighted by atomic mass is 16.6. The summed E-state index contributed by atoms with van der Waals surface area (Å²) in [5.41, 5.74) is 3.83. The minimum absolute atomic E-state index is 0.212. The van der Waals surface area contributed by atoms with Gasteiger partial charge in [0.25, 0.3) is 0 Å². The number of hydrogen-bond donors (Lipinski definition) is 0. The Morgan fingerprint density at radius 3 is 1.82 bits per heavy atom. The molecule has 0 spiro atoms. The summed E-state index contributed by atoms with van der Waals surface area (Å²) >= 11 is 0. The van der Waals surface area contributed by atoms with Gasteiger partial charge in [0, 0.05) is 5.41 Å². The van der Waals surface area contributed by atoms with Crippen molar-refractivity contribution in [3.8, 4) is 23.0 Å². The summed E-state index contributed by atoms with van der Waals surface area (Å²) in [5, 5.41) is 0. The molecule has 8 unspecified atom stereocenters. The van der Waals surface area contributed by atoms with Gasteiger partial charge in [-0.3, -0.25) is 0 Å². The molecule has 4 aromatic rings. The number of fused-ring (bicyclic) bond motifs is 7. The van der Waals surface area contributed by atoms with Gasteiger partial charge in [0.15, 0.2) is 0 Å². The molecule has 292 valence electrons. The van der Waals surface area contributed by atoms with Crippen molar-refractivity contribution in [2.75, 3.05) is 0 Å². The van der Waals surface area contributed by atoms with Crippen molar-refractivity contribution in [2.24, 2.45) is 40.4 Å². The maximum atomic E-state index is 12.3. The first kappa shape index (κ1) is 36.1. The molecular formula is C49H48O8. The molecule has 4 fully saturated rings. The summed E-state index contributed by atoms with van der Waals surface area (Å²) in [6.45, 7) is 7.66. The Labute approximate surface area is 333 Å². The maximum Gasteiger partial charge on any atom is 0.347 e.